The summed E-state index contributed by atoms with van der Waals surface area (Å²) in [7, 11) is 0. The minimum Gasteiger partial charge on any atom is -0.293 e. The van der Waals surface area contributed by atoms with Gasteiger partial charge in [-0.3, -0.25) is 14.8 Å². The minimum atomic E-state index is -4.53. The van der Waals surface area contributed by atoms with Crippen LogP contribution in [-0.2, 0) is 24.1 Å². The van der Waals surface area contributed by atoms with Gasteiger partial charge >= 0.3 is 6.18 Å². The summed E-state index contributed by atoms with van der Waals surface area (Å²) in [5, 5.41) is 10.4. The number of aryl methyl sites for hydroxylation is 1. The van der Waals surface area contributed by atoms with Crippen LogP contribution in [0.3, 0.4) is 0 Å². The Morgan fingerprint density at radius 1 is 1.26 bits per heavy atom. The second kappa shape index (κ2) is 8.29. The number of hydrogen-bond acceptors (Lipinski definition) is 4. The standard InChI is InChI=1S/C19H17ClF4N6O/c20-13-2-1-3-14(21)12(13)9-29-10-25-18(28-29)26-17(31)6-7-30-15(11-4-5-11)8-16(27-30)19(22,23)24/h1-3,8,10-11H,4-7,9H2,(H,26,28,31). The molecular formula is C19H17ClF4N6O. The molecule has 3 aromatic rings. The van der Waals surface area contributed by atoms with Crippen LogP contribution in [0.2, 0.25) is 5.02 Å². The molecule has 0 unspecified atom stereocenters. The normalized spacial score (nSPS) is 14.1. The average molecular weight is 457 g/mol. The first kappa shape index (κ1) is 21.3. The molecule has 31 heavy (non-hydrogen) atoms. The number of nitrogens with zero attached hydrogens (tertiary/aromatic N) is 5. The molecule has 4 rings (SSSR count). The fraction of sp³-hybridized carbons (Fsp3) is 0.368. The summed E-state index contributed by atoms with van der Waals surface area (Å²) in [4.78, 5) is 16.2. The van der Waals surface area contributed by atoms with Crippen LogP contribution < -0.4 is 5.32 Å². The smallest absolute Gasteiger partial charge is 0.293 e. The van der Waals surface area contributed by atoms with Crippen molar-refractivity contribution in [2.45, 2.75) is 44.4 Å². The monoisotopic (exact) mass is 456 g/mol. The van der Waals surface area contributed by atoms with Gasteiger partial charge in [0, 0.05) is 28.6 Å². The number of benzene rings is 1. The van der Waals surface area contributed by atoms with Gasteiger partial charge in [0.05, 0.1) is 13.1 Å². The lowest BCUT2D eigenvalue weighted by Gasteiger charge is -2.07. The van der Waals surface area contributed by atoms with Crippen LogP contribution in [0, 0.1) is 5.82 Å². The summed E-state index contributed by atoms with van der Waals surface area (Å²) in [6, 6.07) is 5.36. The molecule has 0 radical (unpaired) electrons. The highest BCUT2D eigenvalue weighted by Crippen LogP contribution is 2.42. The number of carbonyl (C=O) groups excluding carboxylic acids is 1. The van der Waals surface area contributed by atoms with Crippen LogP contribution in [-0.4, -0.2) is 30.5 Å². The number of rotatable bonds is 7. The number of aromatic nitrogens is 5. The van der Waals surface area contributed by atoms with E-state index in [9.17, 15) is 22.4 Å². The number of halogens is 5. The lowest BCUT2D eigenvalue weighted by atomic mass is 10.2. The van der Waals surface area contributed by atoms with Crippen molar-refractivity contribution in [3.63, 3.8) is 0 Å². The molecule has 1 N–H and O–H groups in total. The van der Waals surface area contributed by atoms with E-state index in [1.807, 2.05) is 0 Å². The van der Waals surface area contributed by atoms with E-state index in [-0.39, 0.29) is 42.0 Å². The fourth-order valence-electron chi connectivity index (χ4n) is 3.12. The lowest BCUT2D eigenvalue weighted by Crippen LogP contribution is -2.17. The number of hydrogen-bond donors (Lipinski definition) is 1. The fourth-order valence-corrected chi connectivity index (χ4v) is 3.35. The molecule has 0 bridgehead atoms. The number of amides is 1. The summed E-state index contributed by atoms with van der Waals surface area (Å²) in [5.41, 5.74) is -0.231. The zero-order chi connectivity index (χ0) is 22.2. The van der Waals surface area contributed by atoms with E-state index in [2.05, 4.69) is 20.5 Å². The second-order valence-corrected chi connectivity index (χ2v) is 7.62. The Kier molecular flexibility index (Phi) is 5.69. The van der Waals surface area contributed by atoms with Crippen LogP contribution in [0.15, 0.2) is 30.6 Å². The summed E-state index contributed by atoms with van der Waals surface area (Å²) in [6.45, 7) is 0.0198. The zero-order valence-corrected chi connectivity index (χ0v) is 16.8. The van der Waals surface area contributed by atoms with E-state index in [1.165, 1.54) is 27.8 Å². The molecule has 1 amide bonds. The van der Waals surface area contributed by atoms with Crippen molar-refractivity contribution in [1.82, 2.24) is 24.5 Å². The molecule has 0 atom stereocenters. The van der Waals surface area contributed by atoms with Crippen LogP contribution in [0.1, 0.15) is 42.1 Å². The molecule has 0 saturated heterocycles. The van der Waals surface area contributed by atoms with Crippen LogP contribution >= 0.6 is 11.6 Å². The molecule has 1 aromatic carbocycles. The topological polar surface area (TPSA) is 77.6 Å². The van der Waals surface area contributed by atoms with E-state index >= 15 is 0 Å². The summed E-state index contributed by atoms with van der Waals surface area (Å²) >= 11 is 5.99. The number of nitrogens with one attached hydrogen (secondary N) is 1. The Morgan fingerprint density at radius 3 is 2.71 bits per heavy atom. The van der Waals surface area contributed by atoms with Crippen LogP contribution in [0.5, 0.6) is 0 Å². The molecule has 12 heteroatoms. The third kappa shape index (κ3) is 5.04. The van der Waals surface area contributed by atoms with Crippen molar-refractivity contribution in [3.05, 3.63) is 58.4 Å². The molecule has 0 spiro atoms. The molecular weight excluding hydrogens is 440 g/mol. The maximum Gasteiger partial charge on any atom is 0.435 e. The maximum absolute atomic E-state index is 13.9. The molecule has 2 aromatic heterocycles. The van der Waals surface area contributed by atoms with Gasteiger partial charge in [-0.05, 0) is 31.0 Å². The van der Waals surface area contributed by atoms with Gasteiger partial charge in [-0.2, -0.15) is 18.3 Å². The first-order valence-electron chi connectivity index (χ1n) is 9.48. The molecule has 1 fully saturated rings. The third-order valence-corrected chi connectivity index (χ3v) is 5.17. The number of carbonyl (C=O) groups is 1. The van der Waals surface area contributed by atoms with Gasteiger partial charge in [0.1, 0.15) is 12.1 Å². The van der Waals surface area contributed by atoms with Crippen LogP contribution in [0.25, 0.3) is 0 Å². The molecule has 1 aliphatic carbocycles. The lowest BCUT2D eigenvalue weighted by molar-refractivity contribution is -0.141. The minimum absolute atomic E-state index is 0.000705. The summed E-state index contributed by atoms with van der Waals surface area (Å²) in [5.74, 6) is -0.921. The van der Waals surface area contributed by atoms with Crippen molar-refractivity contribution < 1.29 is 22.4 Å². The highest BCUT2D eigenvalue weighted by molar-refractivity contribution is 6.31. The summed E-state index contributed by atoms with van der Waals surface area (Å²) in [6.07, 6.45) is -1.71. The van der Waals surface area contributed by atoms with E-state index in [0.717, 1.165) is 18.9 Å². The van der Waals surface area contributed by atoms with Gasteiger partial charge < -0.3 is 0 Å². The first-order chi connectivity index (χ1) is 14.7. The SMILES string of the molecule is O=C(CCn1nc(C(F)(F)F)cc1C1CC1)Nc1ncn(Cc2c(F)cccc2Cl)n1. The quantitative estimate of drug-likeness (QED) is 0.539. The molecule has 7 nitrogen and oxygen atoms in total. The van der Waals surface area contributed by atoms with E-state index < -0.39 is 23.6 Å². The predicted molar refractivity (Wildman–Crippen MR) is 103 cm³/mol. The Hall–Kier alpha value is -2.95. The van der Waals surface area contributed by atoms with Gasteiger partial charge in [-0.15, -0.1) is 5.10 Å². The summed E-state index contributed by atoms with van der Waals surface area (Å²) < 4.78 is 55.3. The van der Waals surface area contributed by atoms with Crippen LogP contribution in [0.4, 0.5) is 23.5 Å². The Bertz CT molecular complexity index is 1090. The van der Waals surface area contributed by atoms with Gasteiger partial charge in [0.2, 0.25) is 11.9 Å². The molecule has 1 saturated carbocycles. The first-order valence-corrected chi connectivity index (χ1v) is 9.85. The van der Waals surface area contributed by atoms with E-state index in [0.29, 0.717) is 5.69 Å². The highest BCUT2D eigenvalue weighted by atomic mass is 35.5. The molecule has 164 valence electrons. The second-order valence-electron chi connectivity index (χ2n) is 7.21. The number of alkyl halides is 3. The van der Waals surface area contributed by atoms with Gasteiger partial charge in [-0.25, -0.2) is 14.1 Å². The molecule has 1 aliphatic rings. The highest BCUT2D eigenvalue weighted by Gasteiger charge is 2.37. The van der Waals surface area contributed by atoms with Gasteiger partial charge in [0.15, 0.2) is 5.69 Å². The van der Waals surface area contributed by atoms with Crippen molar-refractivity contribution in [1.29, 1.82) is 0 Å². The van der Waals surface area contributed by atoms with Gasteiger partial charge in [0.25, 0.3) is 0 Å². The number of anilines is 1. The molecule has 0 aliphatic heterocycles. The van der Waals surface area contributed by atoms with E-state index in [1.54, 1.807) is 6.07 Å². The maximum atomic E-state index is 13.9. The Morgan fingerprint density at radius 2 is 2.03 bits per heavy atom. The average Bonchev–Trinajstić information content (AvgIpc) is 3.28. The largest absolute Gasteiger partial charge is 0.435 e. The zero-order valence-electron chi connectivity index (χ0n) is 16.0. The van der Waals surface area contributed by atoms with Gasteiger partial charge in [-0.1, -0.05) is 17.7 Å². The molecule has 2 heterocycles. The van der Waals surface area contributed by atoms with Crippen molar-refractivity contribution in [2.24, 2.45) is 0 Å². The van der Waals surface area contributed by atoms with Crippen molar-refractivity contribution in [3.8, 4) is 0 Å². The van der Waals surface area contributed by atoms with Crippen molar-refractivity contribution >= 4 is 23.5 Å². The predicted octanol–water partition coefficient (Wildman–Crippen LogP) is 4.24. The van der Waals surface area contributed by atoms with Crippen molar-refractivity contribution in [2.75, 3.05) is 5.32 Å². The van der Waals surface area contributed by atoms with E-state index in [4.69, 9.17) is 11.6 Å². The Labute approximate surface area is 179 Å². The Balaban J connectivity index is 1.36. The third-order valence-electron chi connectivity index (χ3n) is 4.82.